The van der Waals surface area contributed by atoms with Gasteiger partial charge in [0.05, 0.1) is 22.9 Å². The molecular weight excluding hydrogens is 276 g/mol. The van der Waals surface area contributed by atoms with E-state index < -0.39 is 0 Å². The third-order valence-corrected chi connectivity index (χ3v) is 4.05. The predicted octanol–water partition coefficient (Wildman–Crippen LogP) is 2.25. The number of thiazole rings is 1. The minimum absolute atomic E-state index is 0.194. The summed E-state index contributed by atoms with van der Waals surface area (Å²) in [6, 6.07) is 0.357. The second-order valence-corrected chi connectivity index (χ2v) is 5.82. The van der Waals surface area contributed by atoms with Crippen LogP contribution in [0.2, 0.25) is 0 Å². The molecule has 7 heteroatoms. The first kappa shape index (κ1) is 13.3. The molecule has 1 aliphatic rings. The Balaban J connectivity index is 1.66. The number of nitrogens with zero attached hydrogens (tertiary/aromatic N) is 3. The summed E-state index contributed by atoms with van der Waals surface area (Å²) in [5.41, 5.74) is 1.15. The summed E-state index contributed by atoms with van der Waals surface area (Å²) in [4.78, 5) is 16.2. The largest absolute Gasteiger partial charge is 0.381 e. The molecule has 3 rings (SSSR count). The molecule has 2 aromatic heterocycles. The average Bonchev–Trinajstić information content (AvgIpc) is 3.09. The molecule has 1 fully saturated rings. The van der Waals surface area contributed by atoms with Gasteiger partial charge in [0, 0.05) is 24.8 Å². The Kier molecular flexibility index (Phi) is 3.79. The zero-order chi connectivity index (χ0) is 13.9. The van der Waals surface area contributed by atoms with Crippen molar-refractivity contribution in [3.8, 4) is 0 Å². The number of hydrogen-bond donors (Lipinski definition) is 1. The van der Waals surface area contributed by atoms with Crippen LogP contribution < -0.4 is 5.32 Å². The summed E-state index contributed by atoms with van der Waals surface area (Å²) in [5, 5.41) is 9.78. The van der Waals surface area contributed by atoms with Crippen molar-refractivity contribution >= 4 is 22.9 Å². The fourth-order valence-corrected chi connectivity index (χ4v) is 2.81. The molecule has 0 unspecified atom stereocenters. The lowest BCUT2D eigenvalue weighted by Crippen LogP contribution is -2.19. The Morgan fingerprint density at radius 1 is 1.50 bits per heavy atom. The van der Waals surface area contributed by atoms with Gasteiger partial charge in [-0.3, -0.25) is 9.48 Å². The summed E-state index contributed by atoms with van der Waals surface area (Å²) >= 11 is 1.46. The Morgan fingerprint density at radius 3 is 3.00 bits per heavy atom. The van der Waals surface area contributed by atoms with Gasteiger partial charge in [0.25, 0.3) is 5.91 Å². The first-order chi connectivity index (χ1) is 9.72. The molecule has 0 radical (unpaired) electrons. The van der Waals surface area contributed by atoms with Crippen LogP contribution in [0.3, 0.4) is 0 Å². The van der Waals surface area contributed by atoms with Crippen molar-refractivity contribution in [3.63, 3.8) is 0 Å². The van der Waals surface area contributed by atoms with E-state index in [1.807, 2.05) is 17.8 Å². The molecule has 1 aliphatic heterocycles. The highest BCUT2D eigenvalue weighted by Crippen LogP contribution is 2.21. The summed E-state index contributed by atoms with van der Waals surface area (Å²) in [7, 11) is 0. The number of ether oxygens (including phenoxy) is 1. The van der Waals surface area contributed by atoms with E-state index in [0.29, 0.717) is 17.4 Å². The Bertz CT molecular complexity index is 601. The van der Waals surface area contributed by atoms with Crippen molar-refractivity contribution < 1.29 is 9.53 Å². The van der Waals surface area contributed by atoms with Crippen molar-refractivity contribution in [2.45, 2.75) is 25.8 Å². The van der Waals surface area contributed by atoms with Gasteiger partial charge in [-0.1, -0.05) is 0 Å². The highest BCUT2D eigenvalue weighted by atomic mass is 32.1. The molecule has 1 saturated heterocycles. The molecule has 106 valence electrons. The minimum Gasteiger partial charge on any atom is -0.381 e. The lowest BCUT2D eigenvalue weighted by molar-refractivity contribution is 0.0662. The van der Waals surface area contributed by atoms with Crippen LogP contribution in [-0.2, 0) is 4.74 Å². The lowest BCUT2D eigenvalue weighted by atomic mass is 10.1. The van der Waals surface area contributed by atoms with E-state index in [4.69, 9.17) is 4.74 Å². The highest BCUT2D eigenvalue weighted by molar-refractivity contribution is 7.09. The molecule has 0 spiro atoms. The number of carbonyl (C=O) groups is 1. The Hall–Kier alpha value is -1.73. The van der Waals surface area contributed by atoms with Gasteiger partial charge in [-0.05, 0) is 19.8 Å². The number of anilines is 1. The van der Waals surface area contributed by atoms with Crippen LogP contribution in [-0.4, -0.2) is 33.9 Å². The SMILES string of the molecule is Cc1nc(C(=O)Nc2cnn(C3CCOCC3)c2)cs1. The molecular formula is C13H16N4O2S. The minimum atomic E-state index is -0.194. The molecule has 6 nitrogen and oxygen atoms in total. The lowest BCUT2D eigenvalue weighted by Gasteiger charge is -2.22. The number of hydrogen-bond acceptors (Lipinski definition) is 5. The number of aromatic nitrogens is 3. The highest BCUT2D eigenvalue weighted by Gasteiger charge is 2.17. The molecule has 0 bridgehead atoms. The third kappa shape index (κ3) is 2.88. The van der Waals surface area contributed by atoms with E-state index in [9.17, 15) is 4.79 Å². The maximum atomic E-state index is 12.0. The summed E-state index contributed by atoms with van der Waals surface area (Å²) in [6.07, 6.45) is 5.46. The monoisotopic (exact) mass is 292 g/mol. The van der Waals surface area contributed by atoms with E-state index in [-0.39, 0.29) is 5.91 Å². The molecule has 0 saturated carbocycles. The molecule has 3 heterocycles. The van der Waals surface area contributed by atoms with Crippen molar-refractivity contribution in [3.05, 3.63) is 28.5 Å². The molecule has 0 atom stereocenters. The second-order valence-electron chi connectivity index (χ2n) is 4.76. The first-order valence-electron chi connectivity index (χ1n) is 6.58. The number of nitrogens with one attached hydrogen (secondary N) is 1. The number of aryl methyl sites for hydroxylation is 1. The van der Waals surface area contributed by atoms with E-state index >= 15 is 0 Å². The van der Waals surface area contributed by atoms with Gasteiger partial charge in [0.15, 0.2) is 0 Å². The van der Waals surface area contributed by atoms with Gasteiger partial charge in [-0.2, -0.15) is 5.10 Å². The third-order valence-electron chi connectivity index (χ3n) is 3.28. The van der Waals surface area contributed by atoms with E-state index in [1.54, 1.807) is 11.6 Å². The molecule has 0 aromatic carbocycles. The zero-order valence-electron chi connectivity index (χ0n) is 11.2. The summed E-state index contributed by atoms with van der Waals surface area (Å²) in [6.45, 7) is 3.42. The fourth-order valence-electron chi connectivity index (χ4n) is 2.21. The van der Waals surface area contributed by atoms with Crippen LogP contribution in [0.15, 0.2) is 17.8 Å². The topological polar surface area (TPSA) is 69.0 Å². The van der Waals surface area contributed by atoms with Crippen molar-refractivity contribution in [2.24, 2.45) is 0 Å². The van der Waals surface area contributed by atoms with Crippen LogP contribution >= 0.6 is 11.3 Å². The van der Waals surface area contributed by atoms with Gasteiger partial charge in [0.1, 0.15) is 5.69 Å². The molecule has 20 heavy (non-hydrogen) atoms. The summed E-state index contributed by atoms with van der Waals surface area (Å²) < 4.78 is 7.24. The van der Waals surface area contributed by atoms with Gasteiger partial charge >= 0.3 is 0 Å². The smallest absolute Gasteiger partial charge is 0.275 e. The van der Waals surface area contributed by atoms with Gasteiger partial charge < -0.3 is 10.1 Å². The molecule has 1 amide bonds. The summed E-state index contributed by atoms with van der Waals surface area (Å²) in [5.74, 6) is -0.194. The van der Waals surface area contributed by atoms with Crippen molar-refractivity contribution in [2.75, 3.05) is 18.5 Å². The quantitative estimate of drug-likeness (QED) is 0.942. The molecule has 2 aromatic rings. The zero-order valence-corrected chi connectivity index (χ0v) is 12.0. The predicted molar refractivity (Wildman–Crippen MR) is 76.1 cm³/mol. The first-order valence-corrected chi connectivity index (χ1v) is 7.46. The van der Waals surface area contributed by atoms with Gasteiger partial charge in [-0.25, -0.2) is 4.98 Å². The molecule has 1 N–H and O–H groups in total. The van der Waals surface area contributed by atoms with Crippen molar-refractivity contribution in [1.82, 2.24) is 14.8 Å². The number of carbonyl (C=O) groups excluding carboxylic acids is 1. The normalized spacial score (nSPS) is 16.2. The standard InChI is InChI=1S/C13H16N4O2S/c1-9-15-12(8-20-9)13(18)16-10-6-14-17(7-10)11-2-4-19-5-3-11/h6-8,11H,2-5H2,1H3,(H,16,18). The molecule has 0 aliphatic carbocycles. The van der Waals surface area contributed by atoms with Crippen LogP contribution in [0.5, 0.6) is 0 Å². The maximum absolute atomic E-state index is 12.0. The second kappa shape index (κ2) is 5.72. The van der Waals surface area contributed by atoms with E-state index in [2.05, 4.69) is 15.4 Å². The maximum Gasteiger partial charge on any atom is 0.275 e. The van der Waals surface area contributed by atoms with E-state index in [1.165, 1.54) is 11.3 Å². The van der Waals surface area contributed by atoms with E-state index in [0.717, 1.165) is 31.1 Å². The Labute approximate surface area is 120 Å². The van der Waals surface area contributed by atoms with Crippen LogP contribution in [0, 0.1) is 6.92 Å². The van der Waals surface area contributed by atoms with Gasteiger partial charge in [0.2, 0.25) is 0 Å². The van der Waals surface area contributed by atoms with Crippen LogP contribution in [0.1, 0.15) is 34.4 Å². The number of amides is 1. The van der Waals surface area contributed by atoms with Gasteiger partial charge in [-0.15, -0.1) is 11.3 Å². The van der Waals surface area contributed by atoms with Crippen LogP contribution in [0.4, 0.5) is 5.69 Å². The number of rotatable bonds is 3. The van der Waals surface area contributed by atoms with Crippen LogP contribution in [0.25, 0.3) is 0 Å². The fraction of sp³-hybridized carbons (Fsp3) is 0.462. The Morgan fingerprint density at radius 2 is 2.30 bits per heavy atom. The average molecular weight is 292 g/mol. The van der Waals surface area contributed by atoms with Crippen molar-refractivity contribution in [1.29, 1.82) is 0 Å².